The van der Waals surface area contributed by atoms with Gasteiger partial charge in [-0.15, -0.1) is 0 Å². The van der Waals surface area contributed by atoms with Gasteiger partial charge in [0.05, 0.1) is 5.69 Å². The smallest absolute Gasteiger partial charge is 0.137 e. The van der Waals surface area contributed by atoms with E-state index in [0.29, 0.717) is 6.04 Å². The highest BCUT2D eigenvalue weighted by Crippen LogP contribution is 2.11. The Labute approximate surface area is 101 Å². The van der Waals surface area contributed by atoms with Gasteiger partial charge in [0, 0.05) is 31.5 Å². The van der Waals surface area contributed by atoms with E-state index >= 15 is 0 Å². The minimum atomic E-state index is 0.653. The average molecular weight is 230 g/mol. The standard InChI is InChI=1S/C13H18N4/c1-16(12-5-6-14-8-12)9-11-10-17-7-3-2-4-13(17)15-11/h2-4,7,10,12,14H,5-6,8-9H2,1H3. The number of hydrogen-bond acceptors (Lipinski definition) is 3. The van der Waals surface area contributed by atoms with Crippen molar-refractivity contribution in [3.63, 3.8) is 0 Å². The zero-order valence-corrected chi connectivity index (χ0v) is 10.1. The summed E-state index contributed by atoms with van der Waals surface area (Å²) in [5, 5.41) is 3.40. The van der Waals surface area contributed by atoms with Gasteiger partial charge in [0.15, 0.2) is 0 Å². The van der Waals surface area contributed by atoms with Gasteiger partial charge in [0.2, 0.25) is 0 Å². The van der Waals surface area contributed by atoms with Crippen LogP contribution in [0.25, 0.3) is 5.65 Å². The largest absolute Gasteiger partial charge is 0.315 e. The van der Waals surface area contributed by atoms with Crippen molar-refractivity contribution in [2.45, 2.75) is 19.0 Å². The van der Waals surface area contributed by atoms with Crippen molar-refractivity contribution < 1.29 is 0 Å². The third-order valence-corrected chi connectivity index (χ3v) is 3.48. The van der Waals surface area contributed by atoms with Gasteiger partial charge in [-0.3, -0.25) is 4.90 Å². The van der Waals surface area contributed by atoms with Crippen molar-refractivity contribution in [2.75, 3.05) is 20.1 Å². The molecule has 0 aliphatic carbocycles. The maximum atomic E-state index is 4.62. The highest BCUT2D eigenvalue weighted by Gasteiger charge is 2.19. The summed E-state index contributed by atoms with van der Waals surface area (Å²) < 4.78 is 2.08. The van der Waals surface area contributed by atoms with Crippen LogP contribution in [0.4, 0.5) is 0 Å². The predicted molar refractivity (Wildman–Crippen MR) is 67.9 cm³/mol. The van der Waals surface area contributed by atoms with Crippen LogP contribution < -0.4 is 5.32 Å². The van der Waals surface area contributed by atoms with Crippen molar-refractivity contribution in [1.29, 1.82) is 0 Å². The maximum absolute atomic E-state index is 4.62. The van der Waals surface area contributed by atoms with E-state index in [1.54, 1.807) is 0 Å². The summed E-state index contributed by atoms with van der Waals surface area (Å²) >= 11 is 0. The first-order chi connectivity index (χ1) is 8.33. The van der Waals surface area contributed by atoms with Crippen LogP contribution >= 0.6 is 0 Å². The molecule has 1 unspecified atom stereocenters. The van der Waals surface area contributed by atoms with Gasteiger partial charge in [-0.2, -0.15) is 0 Å². The lowest BCUT2D eigenvalue weighted by atomic mass is 10.2. The number of likely N-dealkylation sites (N-methyl/N-ethyl adjacent to an activating group) is 1. The third kappa shape index (κ3) is 2.18. The summed E-state index contributed by atoms with van der Waals surface area (Å²) in [5.41, 5.74) is 2.17. The molecule has 1 aliphatic rings. The van der Waals surface area contributed by atoms with Crippen molar-refractivity contribution >= 4 is 5.65 Å². The number of aromatic nitrogens is 2. The summed E-state index contributed by atoms with van der Waals surface area (Å²) in [4.78, 5) is 7.02. The van der Waals surface area contributed by atoms with E-state index in [0.717, 1.165) is 31.0 Å². The van der Waals surface area contributed by atoms with Gasteiger partial charge in [0.1, 0.15) is 5.65 Å². The Kier molecular flexibility index (Phi) is 2.82. The fourth-order valence-electron chi connectivity index (χ4n) is 2.46. The molecule has 4 heteroatoms. The van der Waals surface area contributed by atoms with E-state index < -0.39 is 0 Å². The molecule has 3 rings (SSSR count). The molecule has 90 valence electrons. The lowest BCUT2D eigenvalue weighted by Gasteiger charge is -2.22. The van der Waals surface area contributed by atoms with Crippen LogP contribution in [-0.4, -0.2) is 40.5 Å². The van der Waals surface area contributed by atoms with Crippen LogP contribution in [0.2, 0.25) is 0 Å². The Balaban J connectivity index is 1.75. The highest BCUT2D eigenvalue weighted by atomic mass is 15.2. The van der Waals surface area contributed by atoms with E-state index in [9.17, 15) is 0 Å². The second-order valence-corrected chi connectivity index (χ2v) is 4.76. The minimum Gasteiger partial charge on any atom is -0.315 e. The van der Waals surface area contributed by atoms with Gasteiger partial charge in [-0.05, 0) is 32.1 Å². The van der Waals surface area contributed by atoms with Crippen LogP contribution in [0.1, 0.15) is 12.1 Å². The Morgan fingerprint density at radius 1 is 1.53 bits per heavy atom. The van der Waals surface area contributed by atoms with Gasteiger partial charge in [-0.1, -0.05) is 6.07 Å². The summed E-state index contributed by atoms with van der Waals surface area (Å²) in [6, 6.07) is 6.75. The number of pyridine rings is 1. The first-order valence-electron chi connectivity index (χ1n) is 6.16. The van der Waals surface area contributed by atoms with Gasteiger partial charge < -0.3 is 9.72 Å². The van der Waals surface area contributed by atoms with Crippen LogP contribution in [0.15, 0.2) is 30.6 Å². The monoisotopic (exact) mass is 230 g/mol. The van der Waals surface area contributed by atoms with E-state index in [4.69, 9.17) is 0 Å². The molecule has 1 fully saturated rings. The third-order valence-electron chi connectivity index (χ3n) is 3.48. The van der Waals surface area contributed by atoms with Crippen molar-refractivity contribution in [3.05, 3.63) is 36.3 Å². The highest BCUT2D eigenvalue weighted by molar-refractivity contribution is 5.39. The molecule has 0 aromatic carbocycles. The molecule has 1 aliphatic heterocycles. The number of rotatable bonds is 3. The van der Waals surface area contributed by atoms with Gasteiger partial charge in [-0.25, -0.2) is 4.98 Å². The number of fused-ring (bicyclic) bond motifs is 1. The van der Waals surface area contributed by atoms with Crippen molar-refractivity contribution in [1.82, 2.24) is 19.6 Å². The normalized spacial score (nSPS) is 20.5. The average Bonchev–Trinajstić information content (AvgIpc) is 2.97. The zero-order chi connectivity index (χ0) is 11.7. The second kappa shape index (κ2) is 4.47. The molecular weight excluding hydrogens is 212 g/mol. The number of nitrogens with one attached hydrogen (secondary N) is 1. The van der Waals surface area contributed by atoms with Gasteiger partial charge in [0.25, 0.3) is 0 Å². The zero-order valence-electron chi connectivity index (χ0n) is 10.1. The fraction of sp³-hybridized carbons (Fsp3) is 0.462. The quantitative estimate of drug-likeness (QED) is 0.858. The molecule has 17 heavy (non-hydrogen) atoms. The molecule has 1 saturated heterocycles. The number of nitrogens with zero attached hydrogens (tertiary/aromatic N) is 3. The fourth-order valence-corrected chi connectivity index (χ4v) is 2.46. The lowest BCUT2D eigenvalue weighted by molar-refractivity contribution is 0.246. The predicted octanol–water partition coefficient (Wildman–Crippen LogP) is 1.13. The Morgan fingerprint density at radius 3 is 3.24 bits per heavy atom. The molecule has 3 heterocycles. The van der Waals surface area contributed by atoms with E-state index in [1.165, 1.54) is 6.42 Å². The molecular formula is C13H18N4. The van der Waals surface area contributed by atoms with Crippen LogP contribution in [0.3, 0.4) is 0 Å². The minimum absolute atomic E-state index is 0.653. The summed E-state index contributed by atoms with van der Waals surface area (Å²) in [6.07, 6.45) is 5.40. The van der Waals surface area contributed by atoms with Crippen LogP contribution in [0.5, 0.6) is 0 Å². The molecule has 0 bridgehead atoms. The SMILES string of the molecule is CN(Cc1cn2ccccc2n1)C1CCNC1. The van der Waals surface area contributed by atoms with E-state index in [1.807, 2.05) is 24.4 Å². The number of imidazole rings is 1. The first kappa shape index (κ1) is 10.7. The molecule has 0 radical (unpaired) electrons. The lowest BCUT2D eigenvalue weighted by Crippen LogP contribution is -2.32. The van der Waals surface area contributed by atoms with E-state index in [2.05, 4.69) is 32.8 Å². The number of hydrogen-bond donors (Lipinski definition) is 1. The summed E-state index contributed by atoms with van der Waals surface area (Å²) in [5.74, 6) is 0. The molecule has 0 saturated carbocycles. The Hall–Kier alpha value is -1.39. The second-order valence-electron chi connectivity index (χ2n) is 4.76. The summed E-state index contributed by atoms with van der Waals surface area (Å²) in [6.45, 7) is 3.16. The Bertz CT molecular complexity index is 466. The van der Waals surface area contributed by atoms with Gasteiger partial charge >= 0.3 is 0 Å². The topological polar surface area (TPSA) is 32.6 Å². The molecule has 0 amide bonds. The van der Waals surface area contributed by atoms with E-state index in [-0.39, 0.29) is 0 Å². The molecule has 2 aromatic heterocycles. The van der Waals surface area contributed by atoms with Crippen molar-refractivity contribution in [3.8, 4) is 0 Å². The molecule has 1 N–H and O–H groups in total. The molecule has 4 nitrogen and oxygen atoms in total. The first-order valence-corrected chi connectivity index (χ1v) is 6.16. The van der Waals surface area contributed by atoms with Crippen LogP contribution in [-0.2, 0) is 6.54 Å². The molecule has 1 atom stereocenters. The van der Waals surface area contributed by atoms with Crippen LogP contribution in [0, 0.1) is 0 Å². The van der Waals surface area contributed by atoms with Crippen molar-refractivity contribution in [2.24, 2.45) is 0 Å². The Morgan fingerprint density at radius 2 is 2.47 bits per heavy atom. The summed E-state index contributed by atoms with van der Waals surface area (Å²) in [7, 11) is 2.18. The molecule has 0 spiro atoms. The maximum Gasteiger partial charge on any atom is 0.137 e. The molecule has 2 aromatic rings.